The van der Waals surface area contributed by atoms with E-state index in [1.165, 1.54) is 0 Å². The zero-order valence-corrected chi connectivity index (χ0v) is 10.3. The Labute approximate surface area is 82.8 Å². The lowest BCUT2D eigenvalue weighted by molar-refractivity contribution is -0.114. The van der Waals surface area contributed by atoms with Crippen molar-refractivity contribution in [3.63, 3.8) is 0 Å². The van der Waals surface area contributed by atoms with Gasteiger partial charge in [-0.1, -0.05) is 27.7 Å². The van der Waals surface area contributed by atoms with Crippen LogP contribution in [0.2, 0.25) is 18.1 Å². The molecule has 0 N–H and O–H groups in total. The molecule has 3 heteroatoms. The van der Waals surface area contributed by atoms with Gasteiger partial charge in [0.25, 0.3) is 0 Å². The van der Waals surface area contributed by atoms with Crippen LogP contribution in [0, 0.1) is 0 Å². The third kappa shape index (κ3) is 3.61. The minimum absolute atomic E-state index is 0.161. The van der Waals surface area contributed by atoms with Crippen LogP contribution in [-0.2, 0) is 9.22 Å². The van der Waals surface area contributed by atoms with E-state index in [2.05, 4.69) is 20.8 Å². The predicted octanol–water partition coefficient (Wildman–Crippen LogP) is 2.99. The van der Waals surface area contributed by atoms with Gasteiger partial charge in [0, 0.05) is 0 Å². The summed E-state index contributed by atoms with van der Waals surface area (Å²) in [6.07, 6.45) is 1.59. The highest BCUT2D eigenvalue weighted by atomic mass is 28.4. The topological polar surface area (TPSA) is 26.3 Å². The van der Waals surface area contributed by atoms with Crippen molar-refractivity contribution < 1.29 is 9.22 Å². The summed E-state index contributed by atoms with van der Waals surface area (Å²) in [6, 6.07) is 3.35. The van der Waals surface area contributed by atoms with Gasteiger partial charge in [-0.2, -0.15) is 0 Å². The Balaban J connectivity index is 4.29. The van der Waals surface area contributed by atoms with Crippen LogP contribution in [0.15, 0.2) is 0 Å². The van der Waals surface area contributed by atoms with Gasteiger partial charge < -0.3 is 9.22 Å². The largest absolute Gasteiger partial charge is 0.407 e. The molecule has 0 fully saturated rings. The van der Waals surface area contributed by atoms with Crippen LogP contribution in [0.3, 0.4) is 0 Å². The van der Waals surface area contributed by atoms with Crippen molar-refractivity contribution in [2.75, 3.05) is 0 Å². The first kappa shape index (κ1) is 12.8. The summed E-state index contributed by atoms with van der Waals surface area (Å²) < 4.78 is 5.95. The van der Waals surface area contributed by atoms with E-state index in [1.807, 2.05) is 6.92 Å². The van der Waals surface area contributed by atoms with Gasteiger partial charge >= 0.3 is 0 Å². The fraction of sp³-hybridized carbons (Fsp3) is 0.900. The zero-order chi connectivity index (χ0) is 10.3. The first-order chi connectivity index (χ1) is 6.17. The SMILES string of the molecule is CC[C@H](C=O)O[Si](CC)(CC)CC. The molecule has 78 valence electrons. The molecule has 0 bridgehead atoms. The van der Waals surface area contributed by atoms with Crippen LogP contribution < -0.4 is 0 Å². The highest BCUT2D eigenvalue weighted by molar-refractivity contribution is 6.73. The van der Waals surface area contributed by atoms with E-state index >= 15 is 0 Å². The lowest BCUT2D eigenvalue weighted by Gasteiger charge is -2.30. The van der Waals surface area contributed by atoms with Crippen molar-refractivity contribution in [1.82, 2.24) is 0 Å². The Morgan fingerprint density at radius 3 is 1.85 bits per heavy atom. The van der Waals surface area contributed by atoms with Crippen molar-refractivity contribution in [2.45, 2.75) is 58.4 Å². The molecule has 0 heterocycles. The van der Waals surface area contributed by atoms with Crippen LogP contribution in [0.25, 0.3) is 0 Å². The summed E-state index contributed by atoms with van der Waals surface area (Å²) in [4.78, 5) is 10.7. The molecule has 0 rings (SSSR count). The summed E-state index contributed by atoms with van der Waals surface area (Å²) in [5.74, 6) is 0. The van der Waals surface area contributed by atoms with Crippen LogP contribution in [0.1, 0.15) is 34.1 Å². The summed E-state index contributed by atoms with van der Waals surface area (Å²) in [7, 11) is -1.55. The summed E-state index contributed by atoms with van der Waals surface area (Å²) in [5.41, 5.74) is 0. The molecule has 0 radical (unpaired) electrons. The number of hydrogen-bond donors (Lipinski definition) is 0. The average molecular weight is 202 g/mol. The fourth-order valence-corrected chi connectivity index (χ4v) is 4.39. The number of carbonyl (C=O) groups is 1. The van der Waals surface area contributed by atoms with E-state index in [-0.39, 0.29) is 6.10 Å². The summed E-state index contributed by atoms with van der Waals surface area (Å²) in [6.45, 7) is 8.53. The average Bonchev–Trinajstić information content (AvgIpc) is 2.21. The van der Waals surface area contributed by atoms with Gasteiger partial charge in [0.15, 0.2) is 8.32 Å². The fourth-order valence-electron chi connectivity index (χ4n) is 1.53. The van der Waals surface area contributed by atoms with E-state index in [0.29, 0.717) is 0 Å². The molecule has 0 unspecified atom stereocenters. The second-order valence-corrected chi connectivity index (χ2v) is 8.17. The molecule has 13 heavy (non-hydrogen) atoms. The Hall–Kier alpha value is -0.153. The molecule has 1 atom stereocenters. The van der Waals surface area contributed by atoms with Gasteiger partial charge in [-0.3, -0.25) is 0 Å². The van der Waals surface area contributed by atoms with Crippen LogP contribution in [0.4, 0.5) is 0 Å². The highest BCUT2D eigenvalue weighted by Gasteiger charge is 2.31. The van der Waals surface area contributed by atoms with E-state index in [0.717, 1.165) is 30.8 Å². The Bertz CT molecular complexity index is 136. The predicted molar refractivity (Wildman–Crippen MR) is 58.4 cm³/mol. The summed E-state index contributed by atoms with van der Waals surface area (Å²) >= 11 is 0. The van der Waals surface area contributed by atoms with Crippen molar-refractivity contribution in [3.05, 3.63) is 0 Å². The molecule has 0 saturated heterocycles. The molecule has 0 aromatic carbocycles. The smallest absolute Gasteiger partial charge is 0.193 e. The molecule has 2 nitrogen and oxygen atoms in total. The van der Waals surface area contributed by atoms with Crippen molar-refractivity contribution >= 4 is 14.6 Å². The third-order valence-corrected chi connectivity index (χ3v) is 7.56. The monoisotopic (exact) mass is 202 g/mol. The second kappa shape index (κ2) is 6.32. The van der Waals surface area contributed by atoms with Crippen LogP contribution in [-0.4, -0.2) is 20.7 Å². The van der Waals surface area contributed by atoms with Gasteiger partial charge in [-0.25, -0.2) is 0 Å². The Morgan fingerprint density at radius 1 is 1.15 bits per heavy atom. The molecular weight excluding hydrogens is 180 g/mol. The minimum Gasteiger partial charge on any atom is -0.407 e. The van der Waals surface area contributed by atoms with E-state index in [1.54, 1.807) is 0 Å². The van der Waals surface area contributed by atoms with Gasteiger partial charge in [0.2, 0.25) is 0 Å². The molecule has 0 aliphatic rings. The third-order valence-electron chi connectivity index (χ3n) is 2.89. The van der Waals surface area contributed by atoms with Crippen LogP contribution >= 0.6 is 0 Å². The Kier molecular flexibility index (Phi) is 6.25. The lowest BCUT2D eigenvalue weighted by Crippen LogP contribution is -2.40. The van der Waals surface area contributed by atoms with Crippen molar-refractivity contribution in [2.24, 2.45) is 0 Å². The summed E-state index contributed by atoms with van der Waals surface area (Å²) in [5, 5.41) is 0. The first-order valence-corrected chi connectivity index (χ1v) is 7.84. The highest BCUT2D eigenvalue weighted by Crippen LogP contribution is 2.23. The number of hydrogen-bond acceptors (Lipinski definition) is 2. The molecule has 0 aromatic rings. The molecular formula is C10H22O2Si. The number of aldehydes is 1. The molecule has 0 amide bonds. The maximum Gasteiger partial charge on any atom is 0.193 e. The zero-order valence-electron chi connectivity index (χ0n) is 9.30. The van der Waals surface area contributed by atoms with E-state index in [9.17, 15) is 4.79 Å². The quantitative estimate of drug-likeness (QED) is 0.468. The molecule has 0 saturated carbocycles. The van der Waals surface area contributed by atoms with Gasteiger partial charge in [0.05, 0.1) is 0 Å². The van der Waals surface area contributed by atoms with E-state index in [4.69, 9.17) is 4.43 Å². The van der Waals surface area contributed by atoms with E-state index < -0.39 is 8.32 Å². The maximum atomic E-state index is 10.7. The van der Waals surface area contributed by atoms with Crippen molar-refractivity contribution in [3.8, 4) is 0 Å². The minimum atomic E-state index is -1.55. The molecule has 0 aliphatic heterocycles. The number of rotatable bonds is 7. The van der Waals surface area contributed by atoms with Gasteiger partial charge in [-0.15, -0.1) is 0 Å². The van der Waals surface area contributed by atoms with Crippen LogP contribution in [0.5, 0.6) is 0 Å². The normalized spacial score (nSPS) is 14.2. The molecule has 0 aliphatic carbocycles. The maximum absolute atomic E-state index is 10.7. The van der Waals surface area contributed by atoms with Gasteiger partial charge in [-0.05, 0) is 24.6 Å². The second-order valence-electron chi connectivity index (χ2n) is 3.44. The number of carbonyl (C=O) groups excluding carboxylic acids is 1. The first-order valence-electron chi connectivity index (χ1n) is 5.31. The molecule has 0 spiro atoms. The molecule has 0 aromatic heterocycles. The Morgan fingerprint density at radius 2 is 1.62 bits per heavy atom. The van der Waals surface area contributed by atoms with Crippen molar-refractivity contribution in [1.29, 1.82) is 0 Å². The van der Waals surface area contributed by atoms with Gasteiger partial charge in [0.1, 0.15) is 12.4 Å². The standard InChI is InChI=1S/C10H22O2Si/c1-5-10(9-11)12-13(6-2,7-3)8-4/h9-10H,5-8H2,1-4H3/t10-/m1/s1. The lowest BCUT2D eigenvalue weighted by atomic mass is 10.3.